The quantitative estimate of drug-likeness (QED) is 0.718. The van der Waals surface area contributed by atoms with Gasteiger partial charge in [-0.1, -0.05) is 0 Å². The maximum Gasteiger partial charge on any atom is 0.416 e. The van der Waals surface area contributed by atoms with E-state index in [0.29, 0.717) is 3.57 Å². The number of halogens is 4. The van der Waals surface area contributed by atoms with Crippen LogP contribution in [0.1, 0.15) is 15.9 Å². The first kappa shape index (κ1) is 13.3. The average Bonchev–Trinajstić information content (AvgIpc) is 2.15. The Kier molecular flexibility index (Phi) is 3.82. The first-order valence-electron chi connectivity index (χ1n) is 4.32. The molecule has 6 heteroatoms. The summed E-state index contributed by atoms with van der Waals surface area (Å²) in [6, 6.07) is 3.14. The number of amides is 1. The smallest absolute Gasteiger partial charge is 0.345 e. The molecule has 0 N–H and O–H groups in total. The predicted molar refractivity (Wildman–Crippen MR) is 62.2 cm³/mol. The minimum Gasteiger partial charge on any atom is -0.345 e. The number of nitrogens with zero attached hydrogens (tertiary/aromatic N) is 1. The lowest BCUT2D eigenvalue weighted by Gasteiger charge is -2.14. The highest BCUT2D eigenvalue weighted by atomic mass is 127. The van der Waals surface area contributed by atoms with E-state index in [-0.39, 0.29) is 5.56 Å². The average molecular weight is 343 g/mol. The topological polar surface area (TPSA) is 20.3 Å². The van der Waals surface area contributed by atoms with Crippen molar-refractivity contribution in [1.82, 2.24) is 4.90 Å². The van der Waals surface area contributed by atoms with Gasteiger partial charge in [-0.15, -0.1) is 0 Å². The summed E-state index contributed by atoms with van der Waals surface area (Å²) >= 11 is 1.84. The van der Waals surface area contributed by atoms with Crippen LogP contribution >= 0.6 is 22.6 Å². The van der Waals surface area contributed by atoms with Crippen molar-refractivity contribution >= 4 is 28.5 Å². The first-order valence-corrected chi connectivity index (χ1v) is 5.39. The van der Waals surface area contributed by atoms with E-state index in [0.717, 1.165) is 12.1 Å². The Labute approximate surface area is 105 Å². The number of hydrogen-bond acceptors (Lipinski definition) is 1. The summed E-state index contributed by atoms with van der Waals surface area (Å²) in [5.41, 5.74) is -0.737. The fourth-order valence-corrected chi connectivity index (χ4v) is 1.67. The molecule has 0 fully saturated rings. The second-order valence-corrected chi connectivity index (χ2v) is 4.55. The Morgan fingerprint density at radius 1 is 1.31 bits per heavy atom. The van der Waals surface area contributed by atoms with Crippen molar-refractivity contribution < 1.29 is 18.0 Å². The minimum absolute atomic E-state index is 0.0698. The summed E-state index contributed by atoms with van der Waals surface area (Å²) in [7, 11) is 3.00. The Morgan fingerprint density at radius 3 is 2.31 bits per heavy atom. The van der Waals surface area contributed by atoms with Gasteiger partial charge >= 0.3 is 6.18 Å². The Hall–Kier alpha value is -0.790. The first-order chi connectivity index (χ1) is 7.23. The molecule has 0 bridgehead atoms. The zero-order valence-electron chi connectivity index (χ0n) is 8.60. The molecule has 0 atom stereocenters. The second kappa shape index (κ2) is 4.60. The fourth-order valence-electron chi connectivity index (χ4n) is 1.11. The van der Waals surface area contributed by atoms with Gasteiger partial charge in [0.2, 0.25) is 0 Å². The number of alkyl halides is 3. The minimum atomic E-state index is -4.42. The SMILES string of the molecule is CN(C)C(=O)c1cc(C(F)(F)F)ccc1I. The number of carbonyl (C=O) groups excluding carboxylic acids is 1. The highest BCUT2D eigenvalue weighted by Crippen LogP contribution is 2.31. The number of hydrogen-bond donors (Lipinski definition) is 0. The van der Waals surface area contributed by atoms with Gasteiger partial charge in [-0.05, 0) is 40.8 Å². The molecule has 1 rings (SSSR count). The normalized spacial score (nSPS) is 11.4. The standard InChI is InChI=1S/C10H9F3INO/c1-15(2)9(16)7-5-6(10(11,12)13)3-4-8(7)14/h3-5H,1-2H3. The van der Waals surface area contributed by atoms with E-state index in [1.807, 2.05) is 22.6 Å². The van der Waals surface area contributed by atoms with Crippen LogP contribution in [0.5, 0.6) is 0 Å². The molecule has 0 aliphatic rings. The third kappa shape index (κ3) is 2.87. The van der Waals surface area contributed by atoms with Gasteiger partial charge in [-0.25, -0.2) is 0 Å². The lowest BCUT2D eigenvalue weighted by atomic mass is 10.1. The molecule has 0 radical (unpaired) electrons. The van der Waals surface area contributed by atoms with E-state index < -0.39 is 17.6 Å². The zero-order chi connectivity index (χ0) is 12.5. The summed E-state index contributed by atoms with van der Waals surface area (Å²) in [5.74, 6) is -0.435. The van der Waals surface area contributed by atoms with Gasteiger partial charge in [-0.3, -0.25) is 4.79 Å². The molecule has 0 saturated heterocycles. The van der Waals surface area contributed by atoms with Crippen LogP contribution in [0.2, 0.25) is 0 Å². The van der Waals surface area contributed by atoms with Crippen molar-refractivity contribution in [3.63, 3.8) is 0 Å². The largest absolute Gasteiger partial charge is 0.416 e. The monoisotopic (exact) mass is 343 g/mol. The van der Waals surface area contributed by atoms with Crippen LogP contribution in [0.25, 0.3) is 0 Å². The Balaban J connectivity index is 3.25. The zero-order valence-corrected chi connectivity index (χ0v) is 10.8. The Morgan fingerprint density at radius 2 is 1.88 bits per heavy atom. The molecule has 1 amide bonds. The van der Waals surface area contributed by atoms with Gasteiger partial charge in [0.05, 0.1) is 11.1 Å². The maximum absolute atomic E-state index is 12.4. The van der Waals surface area contributed by atoms with Gasteiger partial charge in [0, 0.05) is 17.7 Å². The van der Waals surface area contributed by atoms with Crippen LogP contribution in [-0.2, 0) is 6.18 Å². The predicted octanol–water partition coefficient (Wildman–Crippen LogP) is 3.01. The van der Waals surface area contributed by atoms with Crippen LogP contribution < -0.4 is 0 Å². The Bertz CT molecular complexity index is 415. The highest BCUT2D eigenvalue weighted by Gasteiger charge is 2.31. The van der Waals surface area contributed by atoms with Gasteiger partial charge in [-0.2, -0.15) is 13.2 Å². The van der Waals surface area contributed by atoms with E-state index >= 15 is 0 Å². The summed E-state index contributed by atoms with van der Waals surface area (Å²) < 4.78 is 37.8. The molecule has 0 spiro atoms. The summed E-state index contributed by atoms with van der Waals surface area (Å²) in [5, 5.41) is 0. The maximum atomic E-state index is 12.4. The molecule has 0 aliphatic carbocycles. The van der Waals surface area contributed by atoms with Crippen LogP contribution in [0, 0.1) is 3.57 Å². The lowest BCUT2D eigenvalue weighted by molar-refractivity contribution is -0.137. The molecule has 1 aromatic rings. The third-order valence-corrected chi connectivity index (χ3v) is 2.87. The van der Waals surface area contributed by atoms with Gasteiger partial charge in [0.25, 0.3) is 5.91 Å². The van der Waals surface area contributed by atoms with Crippen LogP contribution in [0.15, 0.2) is 18.2 Å². The molecule has 0 heterocycles. The van der Waals surface area contributed by atoms with Gasteiger partial charge in [0.15, 0.2) is 0 Å². The third-order valence-electron chi connectivity index (χ3n) is 1.93. The van der Waals surface area contributed by atoms with Gasteiger partial charge < -0.3 is 4.90 Å². The molecular weight excluding hydrogens is 334 g/mol. The highest BCUT2D eigenvalue weighted by molar-refractivity contribution is 14.1. The molecule has 1 aromatic carbocycles. The van der Waals surface area contributed by atoms with Crippen LogP contribution in [-0.4, -0.2) is 24.9 Å². The van der Waals surface area contributed by atoms with Crippen molar-refractivity contribution in [3.05, 3.63) is 32.9 Å². The van der Waals surface area contributed by atoms with E-state index in [1.54, 1.807) is 0 Å². The van der Waals surface area contributed by atoms with Crippen molar-refractivity contribution in [2.24, 2.45) is 0 Å². The summed E-state index contributed by atoms with van der Waals surface area (Å²) in [4.78, 5) is 12.8. The van der Waals surface area contributed by atoms with Crippen molar-refractivity contribution in [3.8, 4) is 0 Å². The number of benzene rings is 1. The van der Waals surface area contributed by atoms with Crippen molar-refractivity contribution in [1.29, 1.82) is 0 Å². The fraction of sp³-hybridized carbons (Fsp3) is 0.300. The molecule has 16 heavy (non-hydrogen) atoms. The molecule has 88 valence electrons. The van der Waals surface area contributed by atoms with Crippen molar-refractivity contribution in [2.75, 3.05) is 14.1 Å². The molecular formula is C10H9F3INO. The molecule has 0 unspecified atom stereocenters. The van der Waals surface area contributed by atoms with Crippen LogP contribution in [0.3, 0.4) is 0 Å². The van der Waals surface area contributed by atoms with E-state index in [1.165, 1.54) is 25.1 Å². The van der Waals surface area contributed by atoms with E-state index in [2.05, 4.69) is 0 Å². The second-order valence-electron chi connectivity index (χ2n) is 3.39. The van der Waals surface area contributed by atoms with Crippen LogP contribution in [0.4, 0.5) is 13.2 Å². The summed E-state index contributed by atoms with van der Waals surface area (Å²) in [6.07, 6.45) is -4.42. The lowest BCUT2D eigenvalue weighted by Crippen LogP contribution is -2.23. The summed E-state index contributed by atoms with van der Waals surface area (Å²) in [6.45, 7) is 0. The molecule has 0 saturated carbocycles. The van der Waals surface area contributed by atoms with Crippen molar-refractivity contribution in [2.45, 2.75) is 6.18 Å². The number of rotatable bonds is 1. The number of carbonyl (C=O) groups is 1. The van der Waals surface area contributed by atoms with E-state index in [9.17, 15) is 18.0 Å². The van der Waals surface area contributed by atoms with E-state index in [4.69, 9.17) is 0 Å². The molecule has 2 nitrogen and oxygen atoms in total. The van der Waals surface area contributed by atoms with Gasteiger partial charge in [0.1, 0.15) is 0 Å². The molecule has 0 aromatic heterocycles. The molecule has 0 aliphatic heterocycles.